The molecule has 108 valence electrons. The number of pyridine rings is 1. The zero-order valence-corrected chi connectivity index (χ0v) is 10.3. The van der Waals surface area contributed by atoms with E-state index in [1.165, 1.54) is 0 Å². The van der Waals surface area contributed by atoms with Crippen LogP contribution in [0.25, 0.3) is 0 Å². The van der Waals surface area contributed by atoms with Gasteiger partial charge in [-0.2, -0.15) is 13.2 Å². The molecule has 0 atom stereocenters. The number of rotatable bonds is 3. The Hall–Kier alpha value is -2.12. The molecule has 0 aliphatic carbocycles. The molecule has 5 nitrogen and oxygen atoms in total. The number of carbonyl (C=O) groups is 2. The maximum absolute atomic E-state index is 12.5. The van der Waals surface area contributed by atoms with Gasteiger partial charge in [0.1, 0.15) is 0 Å². The third-order valence-electron chi connectivity index (χ3n) is 3.03. The highest BCUT2D eigenvalue weighted by molar-refractivity contribution is 6.01. The highest BCUT2D eigenvalue weighted by Gasteiger charge is 2.31. The maximum atomic E-state index is 12.5. The van der Waals surface area contributed by atoms with Gasteiger partial charge in [0.2, 0.25) is 11.8 Å². The monoisotopic (exact) mass is 288 g/mol. The molecule has 0 spiro atoms. The average Bonchev–Trinajstić information content (AvgIpc) is 2.67. The van der Waals surface area contributed by atoms with Gasteiger partial charge in [-0.1, -0.05) is 0 Å². The number of likely N-dealkylation sites (tertiary alicyclic amines) is 1. The summed E-state index contributed by atoms with van der Waals surface area (Å²) in [5.74, 6) is -0.731. The van der Waals surface area contributed by atoms with Crippen molar-refractivity contribution >= 4 is 11.8 Å². The highest BCUT2D eigenvalue weighted by atomic mass is 19.4. The predicted molar refractivity (Wildman–Crippen MR) is 61.7 cm³/mol. The Morgan fingerprint density at radius 1 is 1.00 bits per heavy atom. The molecule has 1 aliphatic heterocycles. The van der Waals surface area contributed by atoms with Crippen molar-refractivity contribution in [3.63, 3.8) is 0 Å². The number of amides is 2. The lowest BCUT2D eigenvalue weighted by molar-refractivity contribution is -0.140. The van der Waals surface area contributed by atoms with Crippen LogP contribution in [0.1, 0.15) is 18.4 Å². The molecule has 2 amide bonds. The smallest absolute Gasteiger partial charge is 0.313 e. The van der Waals surface area contributed by atoms with Gasteiger partial charge in [-0.05, 0) is 6.07 Å². The molecule has 20 heavy (non-hydrogen) atoms. The second-order valence-electron chi connectivity index (χ2n) is 4.39. The van der Waals surface area contributed by atoms with Crippen LogP contribution in [0.4, 0.5) is 13.2 Å². The molecule has 0 bridgehead atoms. The third kappa shape index (κ3) is 2.89. The minimum absolute atomic E-state index is 0.0983. The first-order chi connectivity index (χ1) is 9.29. The number of hydrogen-bond donors (Lipinski definition) is 0. The van der Waals surface area contributed by atoms with E-state index in [4.69, 9.17) is 0 Å². The summed E-state index contributed by atoms with van der Waals surface area (Å²) in [5, 5.41) is 0. The van der Waals surface area contributed by atoms with Crippen molar-refractivity contribution in [1.82, 2.24) is 9.47 Å². The zero-order chi connectivity index (χ0) is 14.9. The van der Waals surface area contributed by atoms with Gasteiger partial charge in [-0.3, -0.25) is 19.3 Å². The van der Waals surface area contributed by atoms with Gasteiger partial charge in [0.15, 0.2) is 0 Å². The van der Waals surface area contributed by atoms with Gasteiger partial charge in [0, 0.05) is 38.2 Å². The van der Waals surface area contributed by atoms with Crippen LogP contribution in [0.3, 0.4) is 0 Å². The molecule has 1 aromatic rings. The fourth-order valence-corrected chi connectivity index (χ4v) is 1.95. The van der Waals surface area contributed by atoms with Crippen LogP contribution in [-0.4, -0.2) is 27.8 Å². The summed E-state index contributed by atoms with van der Waals surface area (Å²) in [7, 11) is 0. The summed E-state index contributed by atoms with van der Waals surface area (Å²) in [6, 6.07) is 1.52. The quantitative estimate of drug-likeness (QED) is 0.780. The fourth-order valence-electron chi connectivity index (χ4n) is 1.95. The van der Waals surface area contributed by atoms with E-state index in [2.05, 4.69) is 0 Å². The van der Waals surface area contributed by atoms with Gasteiger partial charge in [0.25, 0.3) is 5.56 Å². The first-order valence-corrected chi connectivity index (χ1v) is 5.90. The average molecular weight is 288 g/mol. The van der Waals surface area contributed by atoms with Crippen LogP contribution >= 0.6 is 0 Å². The Kier molecular flexibility index (Phi) is 3.65. The number of aromatic nitrogens is 1. The van der Waals surface area contributed by atoms with Crippen LogP contribution in [0.5, 0.6) is 0 Å². The van der Waals surface area contributed by atoms with Crippen molar-refractivity contribution in [2.45, 2.75) is 25.6 Å². The van der Waals surface area contributed by atoms with E-state index in [0.717, 1.165) is 15.5 Å². The largest absolute Gasteiger partial charge is 0.417 e. The van der Waals surface area contributed by atoms with Crippen LogP contribution < -0.4 is 5.56 Å². The van der Waals surface area contributed by atoms with Gasteiger partial charge in [0.05, 0.1) is 5.56 Å². The number of nitrogens with zero attached hydrogens (tertiary/aromatic N) is 2. The molecule has 1 saturated heterocycles. The lowest BCUT2D eigenvalue weighted by Gasteiger charge is -2.15. The van der Waals surface area contributed by atoms with Crippen LogP contribution in [-0.2, 0) is 22.3 Å². The first kappa shape index (κ1) is 14.3. The number of alkyl halides is 3. The third-order valence-corrected chi connectivity index (χ3v) is 3.03. The van der Waals surface area contributed by atoms with Gasteiger partial charge < -0.3 is 4.57 Å². The Bertz CT molecular complexity index is 591. The standard InChI is InChI=1S/C12H11F3N2O3/c13-12(14,15)8-1-2-9(18)16(7-8)5-6-17-10(19)3-4-11(17)20/h1-2,7H,3-6H2. The zero-order valence-electron chi connectivity index (χ0n) is 10.3. The van der Waals surface area contributed by atoms with Crippen molar-refractivity contribution in [2.24, 2.45) is 0 Å². The van der Waals surface area contributed by atoms with E-state index < -0.39 is 17.3 Å². The highest BCUT2D eigenvalue weighted by Crippen LogP contribution is 2.28. The summed E-state index contributed by atoms with van der Waals surface area (Å²) in [5.41, 5.74) is -1.56. The van der Waals surface area contributed by atoms with Crippen molar-refractivity contribution in [3.05, 3.63) is 34.2 Å². The normalized spacial score (nSPS) is 16.1. The Morgan fingerprint density at radius 3 is 2.15 bits per heavy atom. The van der Waals surface area contributed by atoms with Gasteiger partial charge in [-0.15, -0.1) is 0 Å². The van der Waals surface area contributed by atoms with Crippen molar-refractivity contribution in [3.8, 4) is 0 Å². The topological polar surface area (TPSA) is 59.4 Å². The molecule has 8 heteroatoms. The van der Waals surface area contributed by atoms with E-state index in [1.54, 1.807) is 0 Å². The summed E-state index contributed by atoms with van der Waals surface area (Å²) < 4.78 is 38.4. The minimum Gasteiger partial charge on any atom is -0.313 e. The molecule has 0 saturated carbocycles. The van der Waals surface area contributed by atoms with Crippen molar-refractivity contribution in [2.75, 3.05) is 6.54 Å². The SMILES string of the molecule is O=C1CCC(=O)N1CCn1cc(C(F)(F)F)ccc1=O. The maximum Gasteiger partial charge on any atom is 0.417 e. The summed E-state index contributed by atoms with van der Waals surface area (Å²) in [4.78, 5) is 35.1. The summed E-state index contributed by atoms with van der Waals surface area (Å²) in [6.07, 6.45) is -3.64. The lowest BCUT2D eigenvalue weighted by atomic mass is 10.3. The first-order valence-electron chi connectivity index (χ1n) is 5.90. The molecule has 0 unspecified atom stereocenters. The second-order valence-corrected chi connectivity index (χ2v) is 4.39. The van der Waals surface area contributed by atoms with Gasteiger partial charge >= 0.3 is 6.18 Å². The molecule has 1 aliphatic rings. The molecule has 0 N–H and O–H groups in total. The number of imide groups is 1. The number of hydrogen-bond acceptors (Lipinski definition) is 3. The van der Waals surface area contributed by atoms with E-state index in [-0.39, 0.29) is 37.7 Å². The molecular weight excluding hydrogens is 277 g/mol. The van der Waals surface area contributed by atoms with Crippen LogP contribution in [0, 0.1) is 0 Å². The predicted octanol–water partition coefficient (Wildman–Crippen LogP) is 1.02. The molecule has 1 fully saturated rings. The minimum atomic E-state index is -4.55. The molecule has 0 radical (unpaired) electrons. The number of halogens is 3. The molecular formula is C12H11F3N2O3. The van der Waals surface area contributed by atoms with E-state index in [9.17, 15) is 27.6 Å². The van der Waals surface area contributed by atoms with Gasteiger partial charge in [-0.25, -0.2) is 0 Å². The Balaban J connectivity index is 2.15. The Labute approximate surface area is 111 Å². The van der Waals surface area contributed by atoms with Crippen molar-refractivity contribution in [1.29, 1.82) is 0 Å². The van der Waals surface area contributed by atoms with Crippen molar-refractivity contribution < 1.29 is 22.8 Å². The Morgan fingerprint density at radius 2 is 1.60 bits per heavy atom. The number of carbonyl (C=O) groups excluding carboxylic acids is 2. The van der Waals surface area contributed by atoms with E-state index in [1.807, 2.05) is 0 Å². The van der Waals surface area contributed by atoms with Crippen LogP contribution in [0.15, 0.2) is 23.1 Å². The van der Waals surface area contributed by atoms with E-state index in [0.29, 0.717) is 12.3 Å². The van der Waals surface area contributed by atoms with Crippen LogP contribution in [0.2, 0.25) is 0 Å². The molecule has 2 heterocycles. The molecule has 2 rings (SSSR count). The summed E-state index contributed by atoms with van der Waals surface area (Å²) in [6.45, 7) is -0.251. The van der Waals surface area contributed by atoms with E-state index >= 15 is 0 Å². The lowest BCUT2D eigenvalue weighted by Crippen LogP contribution is -2.34. The fraction of sp³-hybridized carbons (Fsp3) is 0.417. The molecule has 0 aromatic carbocycles. The second kappa shape index (κ2) is 5.10. The molecule has 1 aromatic heterocycles. The summed E-state index contributed by atoms with van der Waals surface area (Å²) >= 11 is 0.